The maximum Gasteiger partial charge on any atom is 0.171 e. The summed E-state index contributed by atoms with van der Waals surface area (Å²) in [5.74, 6) is 2.33. The minimum Gasteiger partial charge on any atom is -0.485 e. The maximum atomic E-state index is 13.8. The zero-order chi connectivity index (χ0) is 27.3. The van der Waals surface area contributed by atoms with Crippen LogP contribution in [0, 0.1) is 35.1 Å². The SMILES string of the molecule is Fc1cc(F)c(OCc2ccccc2)c(Br)c1.OCCC#Cc1cc(F)cc(F)c1OCc1ccccc1. The molecule has 0 aliphatic heterocycles. The summed E-state index contributed by atoms with van der Waals surface area (Å²) >= 11 is 3.07. The Labute approximate surface area is 226 Å². The lowest BCUT2D eigenvalue weighted by atomic mass is 10.1. The summed E-state index contributed by atoms with van der Waals surface area (Å²) in [6.07, 6.45) is 0.232. The highest BCUT2D eigenvalue weighted by atomic mass is 79.9. The topological polar surface area (TPSA) is 38.7 Å². The second-order valence-electron chi connectivity index (χ2n) is 7.79. The summed E-state index contributed by atoms with van der Waals surface area (Å²) in [5, 5.41) is 8.69. The molecule has 4 rings (SSSR count). The Morgan fingerprint density at radius 3 is 1.71 bits per heavy atom. The van der Waals surface area contributed by atoms with Crippen LogP contribution in [0.1, 0.15) is 23.1 Å². The lowest BCUT2D eigenvalue weighted by molar-refractivity contribution is 0.287. The highest BCUT2D eigenvalue weighted by molar-refractivity contribution is 9.10. The molecule has 0 atom stereocenters. The Morgan fingerprint density at radius 2 is 1.18 bits per heavy atom. The van der Waals surface area contributed by atoms with Crippen LogP contribution in [-0.2, 0) is 13.2 Å². The first-order valence-electron chi connectivity index (χ1n) is 11.4. The van der Waals surface area contributed by atoms with Gasteiger partial charge in [0.1, 0.15) is 24.8 Å². The first kappa shape index (κ1) is 28.8. The van der Waals surface area contributed by atoms with Crippen LogP contribution in [0.2, 0.25) is 0 Å². The highest BCUT2D eigenvalue weighted by Crippen LogP contribution is 2.30. The van der Waals surface area contributed by atoms with Gasteiger partial charge in [-0.25, -0.2) is 17.6 Å². The molecule has 3 nitrogen and oxygen atoms in total. The molecule has 8 heteroatoms. The molecule has 4 aromatic rings. The molecule has 0 aromatic heterocycles. The van der Waals surface area contributed by atoms with E-state index in [1.165, 1.54) is 6.07 Å². The summed E-state index contributed by atoms with van der Waals surface area (Å²) in [6, 6.07) is 22.5. The van der Waals surface area contributed by atoms with Crippen molar-refractivity contribution in [2.75, 3.05) is 6.61 Å². The van der Waals surface area contributed by atoms with E-state index in [2.05, 4.69) is 27.8 Å². The van der Waals surface area contributed by atoms with Gasteiger partial charge in [0.05, 0.1) is 16.6 Å². The number of benzene rings is 4. The van der Waals surface area contributed by atoms with Crippen molar-refractivity contribution in [1.29, 1.82) is 0 Å². The van der Waals surface area contributed by atoms with Crippen molar-refractivity contribution in [2.24, 2.45) is 0 Å². The van der Waals surface area contributed by atoms with Gasteiger partial charge in [-0.15, -0.1) is 0 Å². The molecule has 0 bridgehead atoms. The molecular weight excluding hydrogens is 564 g/mol. The summed E-state index contributed by atoms with van der Waals surface area (Å²) in [4.78, 5) is 0. The van der Waals surface area contributed by atoms with Crippen molar-refractivity contribution in [3.63, 3.8) is 0 Å². The first-order valence-corrected chi connectivity index (χ1v) is 12.2. The molecule has 1 N–H and O–H groups in total. The van der Waals surface area contributed by atoms with Gasteiger partial charge in [-0.2, -0.15) is 0 Å². The van der Waals surface area contributed by atoms with Gasteiger partial charge in [0.2, 0.25) is 0 Å². The van der Waals surface area contributed by atoms with E-state index < -0.39 is 23.3 Å². The minimum absolute atomic E-state index is 0.0234. The summed E-state index contributed by atoms with van der Waals surface area (Å²) in [6.45, 7) is 0.297. The van der Waals surface area contributed by atoms with Crippen LogP contribution in [0.5, 0.6) is 11.5 Å². The second kappa shape index (κ2) is 14.8. The fraction of sp³-hybridized carbons (Fsp3) is 0.133. The lowest BCUT2D eigenvalue weighted by Gasteiger charge is -2.09. The van der Waals surface area contributed by atoms with Crippen molar-refractivity contribution >= 4 is 15.9 Å². The van der Waals surface area contributed by atoms with E-state index in [0.717, 1.165) is 29.3 Å². The molecule has 0 unspecified atom stereocenters. The summed E-state index contributed by atoms with van der Waals surface area (Å²) in [7, 11) is 0. The van der Waals surface area contributed by atoms with E-state index in [0.29, 0.717) is 0 Å². The largest absolute Gasteiger partial charge is 0.485 e. The average Bonchev–Trinajstić information content (AvgIpc) is 2.89. The molecule has 0 saturated carbocycles. The fourth-order valence-corrected chi connectivity index (χ4v) is 3.66. The third kappa shape index (κ3) is 8.94. The van der Waals surface area contributed by atoms with Crippen LogP contribution in [0.4, 0.5) is 17.6 Å². The van der Waals surface area contributed by atoms with Crippen LogP contribution in [0.15, 0.2) is 89.4 Å². The highest BCUT2D eigenvalue weighted by Gasteiger charge is 2.12. The van der Waals surface area contributed by atoms with Crippen LogP contribution >= 0.6 is 15.9 Å². The summed E-state index contributed by atoms with van der Waals surface area (Å²) in [5.41, 5.74) is 1.93. The molecule has 0 aliphatic carbocycles. The van der Waals surface area contributed by atoms with E-state index >= 15 is 0 Å². The Morgan fingerprint density at radius 1 is 0.684 bits per heavy atom. The lowest BCUT2D eigenvalue weighted by Crippen LogP contribution is -2.00. The van der Waals surface area contributed by atoms with Crippen molar-refractivity contribution in [3.05, 3.63) is 129 Å². The normalized spacial score (nSPS) is 10.1. The number of aliphatic hydroxyl groups is 1. The minimum atomic E-state index is -0.792. The van der Waals surface area contributed by atoms with Gasteiger partial charge in [-0.1, -0.05) is 72.5 Å². The second-order valence-corrected chi connectivity index (χ2v) is 8.64. The van der Waals surface area contributed by atoms with Gasteiger partial charge in [-0.05, 0) is 39.2 Å². The molecule has 38 heavy (non-hydrogen) atoms. The van der Waals surface area contributed by atoms with Crippen molar-refractivity contribution in [1.82, 2.24) is 0 Å². The van der Waals surface area contributed by atoms with Crippen LogP contribution in [-0.4, -0.2) is 11.7 Å². The zero-order valence-electron chi connectivity index (χ0n) is 20.1. The number of hydrogen-bond donors (Lipinski definition) is 1. The Balaban J connectivity index is 0.000000215. The number of hydrogen-bond acceptors (Lipinski definition) is 3. The predicted octanol–water partition coefficient (Wildman–Crippen LogP) is 7.58. The van der Waals surface area contributed by atoms with Gasteiger partial charge in [-0.3, -0.25) is 0 Å². The van der Waals surface area contributed by atoms with Gasteiger partial charge >= 0.3 is 0 Å². The molecule has 0 heterocycles. The van der Waals surface area contributed by atoms with Crippen LogP contribution in [0.25, 0.3) is 0 Å². The van der Waals surface area contributed by atoms with E-state index in [-0.39, 0.29) is 47.8 Å². The predicted molar refractivity (Wildman–Crippen MR) is 141 cm³/mol. The quantitative estimate of drug-likeness (QED) is 0.179. The van der Waals surface area contributed by atoms with Crippen molar-refractivity contribution in [3.8, 4) is 23.3 Å². The molecule has 4 aromatic carbocycles. The first-order chi connectivity index (χ1) is 18.4. The third-order valence-corrected chi connectivity index (χ3v) is 5.47. The molecule has 196 valence electrons. The number of rotatable bonds is 7. The van der Waals surface area contributed by atoms with Crippen LogP contribution in [0.3, 0.4) is 0 Å². The standard InChI is InChI=1S/C17H14F2O2.C13H9BrF2O/c18-15-10-14(8-4-5-9-20)17(16(19)11-15)21-12-13-6-2-1-3-7-13;14-11-6-10(15)7-12(16)13(11)17-8-9-4-2-1-3-5-9/h1-3,6-7,10-11,20H,5,9,12H2;1-7H,8H2. The van der Waals surface area contributed by atoms with E-state index in [4.69, 9.17) is 14.6 Å². The number of aliphatic hydroxyl groups excluding tert-OH is 1. The maximum absolute atomic E-state index is 13.8. The smallest absolute Gasteiger partial charge is 0.171 e. The molecule has 0 aliphatic rings. The molecule has 0 spiro atoms. The van der Waals surface area contributed by atoms with E-state index in [1.54, 1.807) is 0 Å². The van der Waals surface area contributed by atoms with Gasteiger partial charge < -0.3 is 14.6 Å². The summed E-state index contributed by atoms with van der Waals surface area (Å²) < 4.78 is 64.4. The van der Waals surface area contributed by atoms with Gasteiger partial charge in [0, 0.05) is 18.6 Å². The molecule has 0 fully saturated rings. The average molecular weight is 587 g/mol. The molecule has 0 radical (unpaired) electrons. The van der Waals surface area contributed by atoms with E-state index in [1.807, 2.05) is 60.7 Å². The van der Waals surface area contributed by atoms with Crippen molar-refractivity contribution in [2.45, 2.75) is 19.6 Å². The Bertz CT molecular complexity index is 1360. The molecule has 0 amide bonds. The number of halogens is 5. The molecule has 0 saturated heterocycles. The van der Waals surface area contributed by atoms with Gasteiger partial charge in [0.25, 0.3) is 0 Å². The molecular formula is C30H23BrF4O3. The number of ether oxygens (including phenoxy) is 2. The van der Waals surface area contributed by atoms with E-state index in [9.17, 15) is 17.6 Å². The zero-order valence-corrected chi connectivity index (χ0v) is 21.7. The van der Waals surface area contributed by atoms with Gasteiger partial charge in [0.15, 0.2) is 23.1 Å². The fourth-order valence-electron chi connectivity index (χ4n) is 3.14. The van der Waals surface area contributed by atoms with Crippen LogP contribution < -0.4 is 9.47 Å². The monoisotopic (exact) mass is 586 g/mol. The Hall–Kier alpha value is -3.80. The van der Waals surface area contributed by atoms with Crippen molar-refractivity contribution < 1.29 is 32.1 Å². The Kier molecular flexibility index (Phi) is 11.2. The third-order valence-electron chi connectivity index (χ3n) is 4.88.